The van der Waals surface area contributed by atoms with Crippen LogP contribution in [0.15, 0.2) is 30.7 Å². The Bertz CT molecular complexity index is 1040. The molecule has 0 aliphatic rings. The van der Waals surface area contributed by atoms with Gasteiger partial charge in [0.1, 0.15) is 17.5 Å². The fraction of sp³-hybridized carbons (Fsp3) is 0.333. The molecule has 0 aromatic carbocycles. The smallest absolute Gasteiger partial charge is 0.182 e. The highest BCUT2D eigenvalue weighted by atomic mass is 15.3. The van der Waals surface area contributed by atoms with Crippen LogP contribution in [0.1, 0.15) is 25.0 Å². The first-order valence-corrected chi connectivity index (χ1v) is 8.98. The minimum absolute atomic E-state index is 0.653. The van der Waals surface area contributed by atoms with E-state index in [9.17, 15) is 0 Å². The highest BCUT2D eigenvalue weighted by molar-refractivity contribution is 5.86. The molecule has 0 unspecified atom stereocenters. The van der Waals surface area contributed by atoms with Crippen molar-refractivity contribution in [3.8, 4) is 11.4 Å². The monoisotopic (exact) mass is 363 g/mol. The average Bonchev–Trinajstić information content (AvgIpc) is 3.30. The van der Waals surface area contributed by atoms with Crippen molar-refractivity contribution in [3.63, 3.8) is 0 Å². The Kier molecular flexibility index (Phi) is 4.73. The zero-order valence-electron chi connectivity index (χ0n) is 15.3. The zero-order chi connectivity index (χ0) is 18.6. The van der Waals surface area contributed by atoms with Gasteiger partial charge in [-0.3, -0.25) is 14.8 Å². The Morgan fingerprint density at radius 2 is 2.07 bits per heavy atom. The van der Waals surface area contributed by atoms with Crippen molar-refractivity contribution in [3.05, 3.63) is 42.4 Å². The lowest BCUT2D eigenvalue weighted by Gasteiger charge is -2.08. The van der Waals surface area contributed by atoms with Gasteiger partial charge in [0.05, 0.1) is 11.6 Å². The van der Waals surface area contributed by atoms with E-state index in [2.05, 4.69) is 47.5 Å². The summed E-state index contributed by atoms with van der Waals surface area (Å²) in [5, 5.41) is 15.9. The van der Waals surface area contributed by atoms with Crippen LogP contribution in [0.3, 0.4) is 0 Å². The summed E-state index contributed by atoms with van der Waals surface area (Å²) in [5.74, 6) is 3.10. The van der Waals surface area contributed by atoms with Crippen molar-refractivity contribution in [2.75, 3.05) is 11.9 Å². The minimum atomic E-state index is 0.653. The first-order valence-electron chi connectivity index (χ1n) is 8.98. The van der Waals surface area contributed by atoms with Crippen LogP contribution < -0.4 is 5.32 Å². The first-order chi connectivity index (χ1) is 13.2. The van der Waals surface area contributed by atoms with Gasteiger partial charge in [-0.05, 0) is 18.6 Å². The average molecular weight is 363 g/mol. The predicted molar refractivity (Wildman–Crippen MR) is 102 cm³/mol. The van der Waals surface area contributed by atoms with Gasteiger partial charge in [0.25, 0.3) is 0 Å². The SMILES string of the molecule is CCCc1nc(NCCc2nc(-c3cccnc3)n[nH]2)c2cnn(C)c2n1. The molecule has 0 radical (unpaired) electrons. The molecule has 0 aliphatic heterocycles. The zero-order valence-corrected chi connectivity index (χ0v) is 15.3. The van der Waals surface area contributed by atoms with Crippen molar-refractivity contribution < 1.29 is 0 Å². The molecule has 4 heterocycles. The number of aryl methyl sites for hydroxylation is 2. The molecule has 0 atom stereocenters. The molecular formula is C18H21N9. The van der Waals surface area contributed by atoms with E-state index in [1.54, 1.807) is 23.3 Å². The van der Waals surface area contributed by atoms with Gasteiger partial charge < -0.3 is 5.32 Å². The molecule has 9 heteroatoms. The number of H-pyrrole nitrogens is 1. The fourth-order valence-corrected chi connectivity index (χ4v) is 2.87. The van der Waals surface area contributed by atoms with Crippen LogP contribution in [0.25, 0.3) is 22.4 Å². The van der Waals surface area contributed by atoms with Crippen LogP contribution >= 0.6 is 0 Å². The molecular weight excluding hydrogens is 342 g/mol. The number of pyridine rings is 1. The van der Waals surface area contributed by atoms with E-state index < -0.39 is 0 Å². The van der Waals surface area contributed by atoms with Crippen LogP contribution in [0.5, 0.6) is 0 Å². The number of aromatic amines is 1. The van der Waals surface area contributed by atoms with Gasteiger partial charge >= 0.3 is 0 Å². The number of nitrogens with one attached hydrogen (secondary N) is 2. The molecule has 0 aliphatic carbocycles. The second kappa shape index (κ2) is 7.48. The van der Waals surface area contributed by atoms with Crippen molar-refractivity contribution in [1.29, 1.82) is 0 Å². The van der Waals surface area contributed by atoms with E-state index in [0.29, 0.717) is 18.8 Å². The van der Waals surface area contributed by atoms with Crippen LogP contribution in [0.2, 0.25) is 0 Å². The van der Waals surface area contributed by atoms with Crippen molar-refractivity contribution in [2.45, 2.75) is 26.2 Å². The number of hydrogen-bond donors (Lipinski definition) is 2. The lowest BCUT2D eigenvalue weighted by atomic mass is 10.3. The van der Waals surface area contributed by atoms with E-state index in [-0.39, 0.29) is 0 Å². The summed E-state index contributed by atoms with van der Waals surface area (Å²) in [6.07, 6.45) is 7.81. The van der Waals surface area contributed by atoms with Crippen LogP contribution in [-0.2, 0) is 19.9 Å². The maximum absolute atomic E-state index is 4.66. The quantitative estimate of drug-likeness (QED) is 0.517. The molecule has 0 saturated carbocycles. The lowest BCUT2D eigenvalue weighted by Crippen LogP contribution is -2.10. The second-order valence-electron chi connectivity index (χ2n) is 6.27. The van der Waals surface area contributed by atoms with Gasteiger partial charge in [-0.2, -0.15) is 10.2 Å². The molecule has 0 bridgehead atoms. The highest BCUT2D eigenvalue weighted by Gasteiger charge is 2.12. The minimum Gasteiger partial charge on any atom is -0.369 e. The second-order valence-corrected chi connectivity index (χ2v) is 6.27. The Labute approximate surface area is 156 Å². The van der Waals surface area contributed by atoms with Crippen LogP contribution in [0.4, 0.5) is 5.82 Å². The van der Waals surface area contributed by atoms with Gasteiger partial charge in [0.2, 0.25) is 0 Å². The summed E-state index contributed by atoms with van der Waals surface area (Å²) < 4.78 is 1.78. The van der Waals surface area contributed by atoms with Crippen molar-refractivity contribution >= 4 is 16.9 Å². The third-order valence-corrected chi connectivity index (χ3v) is 4.22. The molecule has 27 heavy (non-hydrogen) atoms. The van der Waals surface area contributed by atoms with Crippen LogP contribution in [-0.4, -0.2) is 46.5 Å². The normalized spacial score (nSPS) is 11.2. The molecule has 0 spiro atoms. The fourth-order valence-electron chi connectivity index (χ4n) is 2.87. The maximum Gasteiger partial charge on any atom is 0.182 e. The topological polar surface area (TPSA) is 110 Å². The molecule has 4 aromatic rings. The lowest BCUT2D eigenvalue weighted by molar-refractivity contribution is 0.772. The Morgan fingerprint density at radius 3 is 2.89 bits per heavy atom. The third kappa shape index (κ3) is 3.62. The number of hydrogen-bond acceptors (Lipinski definition) is 7. The molecule has 0 amide bonds. The highest BCUT2D eigenvalue weighted by Crippen LogP contribution is 2.20. The molecule has 4 aromatic heterocycles. The third-order valence-electron chi connectivity index (χ3n) is 4.22. The molecule has 0 fully saturated rings. The molecule has 2 N–H and O–H groups in total. The van der Waals surface area contributed by atoms with E-state index in [4.69, 9.17) is 0 Å². The van der Waals surface area contributed by atoms with Gasteiger partial charge in [0.15, 0.2) is 11.5 Å². The van der Waals surface area contributed by atoms with Crippen molar-refractivity contribution in [1.82, 2.24) is 39.9 Å². The molecule has 4 rings (SSSR count). The van der Waals surface area contributed by atoms with Crippen LogP contribution in [0, 0.1) is 0 Å². The largest absolute Gasteiger partial charge is 0.369 e. The number of fused-ring (bicyclic) bond motifs is 1. The number of anilines is 1. The van der Waals surface area contributed by atoms with Crippen molar-refractivity contribution in [2.24, 2.45) is 7.05 Å². The summed E-state index contributed by atoms with van der Waals surface area (Å²) in [6.45, 7) is 2.79. The summed E-state index contributed by atoms with van der Waals surface area (Å²) in [7, 11) is 1.89. The number of aromatic nitrogens is 8. The van der Waals surface area contributed by atoms with Gasteiger partial charge in [0, 0.05) is 44.4 Å². The predicted octanol–water partition coefficient (Wildman–Crippen LogP) is 2.15. The number of nitrogens with zero attached hydrogens (tertiary/aromatic N) is 7. The molecule has 138 valence electrons. The van der Waals surface area contributed by atoms with E-state index in [0.717, 1.165) is 46.9 Å². The van der Waals surface area contributed by atoms with E-state index >= 15 is 0 Å². The Balaban J connectivity index is 1.47. The van der Waals surface area contributed by atoms with Gasteiger partial charge in [-0.1, -0.05) is 6.92 Å². The number of rotatable bonds is 7. The van der Waals surface area contributed by atoms with Gasteiger partial charge in [-0.15, -0.1) is 0 Å². The first kappa shape index (κ1) is 17.1. The summed E-state index contributed by atoms with van der Waals surface area (Å²) in [5.41, 5.74) is 1.74. The summed E-state index contributed by atoms with van der Waals surface area (Å²) >= 11 is 0. The van der Waals surface area contributed by atoms with E-state index in [1.807, 2.05) is 19.2 Å². The molecule has 9 nitrogen and oxygen atoms in total. The standard InChI is InChI=1S/C18H21N9/c1-3-5-14-22-17(13-11-21-27(2)18(13)24-14)20-9-7-15-23-16(26-25-15)12-6-4-8-19-10-12/h4,6,8,10-11H,3,5,7,9H2,1-2H3,(H,20,22,24)(H,23,25,26). The Morgan fingerprint density at radius 1 is 1.15 bits per heavy atom. The summed E-state index contributed by atoms with van der Waals surface area (Å²) in [6, 6.07) is 3.81. The van der Waals surface area contributed by atoms with Gasteiger partial charge in [-0.25, -0.2) is 15.0 Å². The summed E-state index contributed by atoms with van der Waals surface area (Å²) in [4.78, 5) is 17.9. The molecule has 0 saturated heterocycles. The maximum atomic E-state index is 4.66. The Hall–Kier alpha value is -3.36. The van der Waals surface area contributed by atoms with E-state index in [1.165, 1.54) is 0 Å².